The Hall–Kier alpha value is -3.00. The number of hydrogen-bond acceptors (Lipinski definition) is 6. The van der Waals surface area contributed by atoms with Gasteiger partial charge in [-0.1, -0.05) is 36.9 Å². The number of rotatable bonds is 7. The number of hydrogen-bond donors (Lipinski definition) is 1. The van der Waals surface area contributed by atoms with Crippen LogP contribution in [0.2, 0.25) is 0 Å². The Bertz CT molecular complexity index is 975. The maximum atomic E-state index is 11.9. The highest BCUT2D eigenvalue weighted by molar-refractivity contribution is 8.14. The first-order valence-corrected chi connectivity index (χ1v) is 11.0. The smallest absolute Gasteiger partial charge is 0.241 e. The van der Waals surface area contributed by atoms with Crippen LogP contribution in [-0.4, -0.2) is 35.2 Å². The van der Waals surface area contributed by atoms with Gasteiger partial charge in [-0.2, -0.15) is 0 Å². The van der Waals surface area contributed by atoms with Gasteiger partial charge in [-0.3, -0.25) is 9.59 Å². The van der Waals surface area contributed by atoms with Gasteiger partial charge in [-0.05, 0) is 54.3 Å². The number of thioether (sulfide) groups is 1. The molecule has 0 spiro atoms. The van der Waals surface area contributed by atoms with Crippen LogP contribution < -0.4 is 14.8 Å². The molecule has 1 heterocycles. The van der Waals surface area contributed by atoms with Crippen molar-refractivity contribution < 1.29 is 19.1 Å². The van der Waals surface area contributed by atoms with Crippen LogP contribution in [0.3, 0.4) is 0 Å². The second-order valence-corrected chi connectivity index (χ2v) is 8.26. The van der Waals surface area contributed by atoms with E-state index in [1.54, 1.807) is 0 Å². The zero-order valence-electron chi connectivity index (χ0n) is 18.2. The van der Waals surface area contributed by atoms with Crippen LogP contribution >= 0.6 is 11.8 Å². The van der Waals surface area contributed by atoms with Gasteiger partial charge >= 0.3 is 0 Å². The van der Waals surface area contributed by atoms with Crippen LogP contribution in [0.5, 0.6) is 11.5 Å². The summed E-state index contributed by atoms with van der Waals surface area (Å²) < 4.78 is 11.6. The second-order valence-electron chi connectivity index (χ2n) is 7.19. The van der Waals surface area contributed by atoms with E-state index in [0.29, 0.717) is 24.1 Å². The molecule has 2 aromatic carbocycles. The van der Waals surface area contributed by atoms with Crippen molar-refractivity contribution in [3.05, 3.63) is 59.2 Å². The summed E-state index contributed by atoms with van der Waals surface area (Å²) >= 11 is 1.32. The monoisotopic (exact) mass is 441 g/mol. The third kappa shape index (κ3) is 6.24. The van der Waals surface area contributed by atoms with Crippen LogP contribution in [0.1, 0.15) is 42.8 Å². The highest BCUT2D eigenvalue weighted by atomic mass is 32.2. The van der Waals surface area contributed by atoms with Gasteiger partial charge in [-0.25, -0.2) is 5.01 Å². The standard InChI is InChI=1S/C23H27N3O4S/c1-5-18-12-15(2)13-21(14-18)30-11-10-29-20-8-6-19(7-9-20)22-26(17(4)28)25-23(31-22)24-16(3)27/h6-9,12-14,22H,5,10-11H2,1-4H3,(H,24,25,27). The van der Waals surface area contributed by atoms with Gasteiger partial charge in [-0.15, -0.1) is 5.10 Å². The van der Waals surface area contributed by atoms with E-state index in [1.807, 2.05) is 30.3 Å². The van der Waals surface area contributed by atoms with Crippen molar-refractivity contribution in [3.63, 3.8) is 0 Å². The lowest BCUT2D eigenvalue weighted by Gasteiger charge is -2.19. The van der Waals surface area contributed by atoms with E-state index >= 15 is 0 Å². The molecule has 31 heavy (non-hydrogen) atoms. The molecule has 7 nitrogen and oxygen atoms in total. The zero-order valence-corrected chi connectivity index (χ0v) is 19.0. The molecular formula is C23H27N3O4S. The van der Waals surface area contributed by atoms with E-state index in [9.17, 15) is 9.59 Å². The number of amidine groups is 1. The summed E-state index contributed by atoms with van der Waals surface area (Å²) in [4.78, 5) is 23.2. The molecule has 0 aromatic heterocycles. The summed E-state index contributed by atoms with van der Waals surface area (Å²) in [5, 5.41) is 8.29. The molecule has 0 saturated carbocycles. The minimum absolute atomic E-state index is 0.197. The Morgan fingerprint density at radius 3 is 2.35 bits per heavy atom. The maximum absolute atomic E-state index is 11.9. The first kappa shape index (κ1) is 22.7. The Balaban J connectivity index is 1.54. The number of benzene rings is 2. The van der Waals surface area contributed by atoms with Crippen molar-refractivity contribution in [1.29, 1.82) is 0 Å². The van der Waals surface area contributed by atoms with Crippen LogP contribution in [0, 0.1) is 6.92 Å². The average Bonchev–Trinajstić information content (AvgIpc) is 3.14. The number of nitrogens with zero attached hydrogens (tertiary/aromatic N) is 2. The third-order valence-corrected chi connectivity index (χ3v) is 5.66. The SMILES string of the molecule is CCc1cc(C)cc(OCCOc2ccc(C3SC(NC(C)=O)=NN3C(C)=O)cc2)c1. The van der Waals surface area contributed by atoms with Crippen LogP contribution in [0.4, 0.5) is 0 Å². The van der Waals surface area contributed by atoms with Crippen LogP contribution in [0.25, 0.3) is 0 Å². The van der Waals surface area contributed by atoms with Crippen molar-refractivity contribution >= 4 is 28.7 Å². The molecule has 1 N–H and O–H groups in total. The van der Waals surface area contributed by atoms with Gasteiger partial charge < -0.3 is 14.8 Å². The van der Waals surface area contributed by atoms with E-state index in [2.05, 4.69) is 36.4 Å². The minimum atomic E-state index is -0.328. The molecule has 1 aliphatic heterocycles. The molecule has 2 aromatic rings. The highest BCUT2D eigenvalue weighted by Crippen LogP contribution is 2.39. The maximum Gasteiger partial charge on any atom is 0.241 e. The first-order chi connectivity index (χ1) is 14.9. The lowest BCUT2D eigenvalue weighted by Crippen LogP contribution is -2.25. The van der Waals surface area contributed by atoms with E-state index in [-0.39, 0.29) is 17.2 Å². The van der Waals surface area contributed by atoms with Crippen molar-refractivity contribution in [2.45, 2.75) is 39.5 Å². The van der Waals surface area contributed by atoms with Crippen molar-refractivity contribution in [2.75, 3.05) is 13.2 Å². The molecule has 8 heteroatoms. The fraction of sp³-hybridized carbons (Fsp3) is 0.348. The number of hydrazone groups is 1. The summed E-state index contributed by atoms with van der Waals surface area (Å²) in [5.74, 6) is 1.15. The van der Waals surface area contributed by atoms with Gasteiger partial charge in [0.05, 0.1) is 0 Å². The Morgan fingerprint density at radius 2 is 1.74 bits per heavy atom. The molecular weight excluding hydrogens is 414 g/mol. The molecule has 0 aliphatic carbocycles. The first-order valence-electron chi connectivity index (χ1n) is 10.1. The van der Waals surface area contributed by atoms with E-state index in [4.69, 9.17) is 9.47 Å². The summed E-state index contributed by atoms with van der Waals surface area (Å²) in [6, 6.07) is 13.7. The van der Waals surface area contributed by atoms with Gasteiger partial charge in [0.1, 0.15) is 30.1 Å². The highest BCUT2D eigenvalue weighted by Gasteiger charge is 2.32. The van der Waals surface area contributed by atoms with Gasteiger partial charge in [0.2, 0.25) is 11.8 Å². The zero-order chi connectivity index (χ0) is 22.4. The quantitative estimate of drug-likeness (QED) is 0.657. The van der Waals surface area contributed by atoms with Gasteiger partial charge in [0.25, 0.3) is 0 Å². The molecule has 1 unspecified atom stereocenters. The van der Waals surface area contributed by atoms with E-state index in [0.717, 1.165) is 17.7 Å². The number of carbonyl (C=O) groups excluding carboxylic acids is 2. The number of nitrogens with one attached hydrogen (secondary N) is 1. The van der Waals surface area contributed by atoms with Crippen molar-refractivity contribution in [3.8, 4) is 11.5 Å². The predicted octanol–water partition coefficient (Wildman–Crippen LogP) is 4.02. The summed E-state index contributed by atoms with van der Waals surface area (Å²) in [5.41, 5.74) is 3.32. The summed E-state index contributed by atoms with van der Waals surface area (Å²) in [6.07, 6.45) is 0.971. The topological polar surface area (TPSA) is 80.2 Å². The van der Waals surface area contributed by atoms with E-state index in [1.165, 1.54) is 41.7 Å². The Kier molecular flexibility index (Phi) is 7.57. The molecule has 1 atom stereocenters. The number of aryl methyl sites for hydroxylation is 2. The fourth-order valence-electron chi connectivity index (χ4n) is 3.14. The molecule has 0 radical (unpaired) electrons. The van der Waals surface area contributed by atoms with Gasteiger partial charge in [0.15, 0.2) is 5.17 Å². The largest absolute Gasteiger partial charge is 0.490 e. The molecule has 0 fully saturated rings. The second kappa shape index (κ2) is 10.3. The van der Waals surface area contributed by atoms with Crippen LogP contribution in [0.15, 0.2) is 47.6 Å². The van der Waals surface area contributed by atoms with Gasteiger partial charge in [0, 0.05) is 13.8 Å². The molecule has 2 amide bonds. The Labute approximate surface area is 186 Å². The summed E-state index contributed by atoms with van der Waals surface area (Å²) in [6.45, 7) is 7.90. The number of carbonyl (C=O) groups is 2. The van der Waals surface area contributed by atoms with E-state index < -0.39 is 0 Å². The number of amides is 2. The lowest BCUT2D eigenvalue weighted by molar-refractivity contribution is -0.129. The lowest BCUT2D eigenvalue weighted by atomic mass is 10.1. The molecule has 1 aliphatic rings. The molecule has 164 valence electrons. The molecule has 3 rings (SSSR count). The Morgan fingerprint density at radius 1 is 1.06 bits per heavy atom. The third-order valence-electron chi connectivity index (χ3n) is 4.55. The van der Waals surface area contributed by atoms with Crippen LogP contribution in [-0.2, 0) is 16.0 Å². The normalized spacial score (nSPS) is 15.4. The fourth-order valence-corrected chi connectivity index (χ4v) is 4.28. The minimum Gasteiger partial charge on any atom is -0.490 e. The molecule has 0 bridgehead atoms. The predicted molar refractivity (Wildman–Crippen MR) is 122 cm³/mol. The number of ether oxygens (including phenoxy) is 2. The molecule has 0 saturated heterocycles. The van der Waals surface area contributed by atoms with Crippen molar-refractivity contribution in [1.82, 2.24) is 10.3 Å². The van der Waals surface area contributed by atoms with Crippen molar-refractivity contribution in [2.24, 2.45) is 5.10 Å². The average molecular weight is 442 g/mol. The summed E-state index contributed by atoms with van der Waals surface area (Å²) in [7, 11) is 0.